The molecule has 180 valence electrons. The topological polar surface area (TPSA) is 79.0 Å². The summed E-state index contributed by atoms with van der Waals surface area (Å²) < 4.78 is 19.0. The third kappa shape index (κ3) is 4.79. The maximum Gasteiger partial charge on any atom is 0.325 e. The van der Waals surface area contributed by atoms with Crippen LogP contribution in [0.1, 0.15) is 28.8 Å². The molecule has 0 aromatic heterocycles. The van der Waals surface area contributed by atoms with Crippen LogP contribution in [0, 0.1) is 11.7 Å². The van der Waals surface area contributed by atoms with Crippen molar-refractivity contribution >= 4 is 29.4 Å². The van der Waals surface area contributed by atoms with E-state index in [2.05, 4.69) is 5.32 Å². The van der Waals surface area contributed by atoms with E-state index in [1.807, 2.05) is 0 Å². The van der Waals surface area contributed by atoms with Crippen molar-refractivity contribution in [3.8, 4) is 0 Å². The number of carbonyl (C=O) groups excluding carboxylic acids is 3. The molecule has 2 saturated heterocycles. The third-order valence-electron chi connectivity index (χ3n) is 6.64. The van der Waals surface area contributed by atoms with Crippen molar-refractivity contribution in [2.45, 2.75) is 24.8 Å². The van der Waals surface area contributed by atoms with E-state index >= 15 is 0 Å². The number of halogens is 2. The van der Waals surface area contributed by atoms with Crippen LogP contribution >= 0.6 is 11.6 Å². The molecule has 2 aromatic carbocycles. The van der Waals surface area contributed by atoms with Gasteiger partial charge in [-0.1, -0.05) is 29.8 Å². The fourth-order valence-electron chi connectivity index (χ4n) is 4.92. The van der Waals surface area contributed by atoms with Crippen molar-refractivity contribution in [3.05, 3.63) is 70.5 Å². The quantitative estimate of drug-likeness (QED) is 0.606. The van der Waals surface area contributed by atoms with E-state index in [1.165, 1.54) is 24.1 Å². The lowest BCUT2D eigenvalue weighted by Crippen LogP contribution is -2.58. The predicted octanol–water partition coefficient (Wildman–Crippen LogP) is 3.51. The van der Waals surface area contributed by atoms with Crippen LogP contribution in [0.5, 0.6) is 0 Å². The van der Waals surface area contributed by atoms with Crippen molar-refractivity contribution in [1.29, 1.82) is 0 Å². The van der Waals surface area contributed by atoms with E-state index in [1.54, 1.807) is 41.3 Å². The van der Waals surface area contributed by atoms with Crippen molar-refractivity contribution in [1.82, 2.24) is 15.1 Å². The number of benzene rings is 2. The average Bonchev–Trinajstić information content (AvgIpc) is 3.06. The van der Waals surface area contributed by atoms with Crippen LogP contribution < -0.4 is 5.32 Å². The normalized spacial score (nSPS) is 21.1. The maximum absolute atomic E-state index is 13.9. The average molecular weight is 488 g/mol. The van der Waals surface area contributed by atoms with Crippen LogP contribution in [0.4, 0.5) is 9.18 Å². The summed E-state index contributed by atoms with van der Waals surface area (Å²) in [5, 5.41) is 3.43. The molecule has 0 saturated carbocycles. The monoisotopic (exact) mass is 487 g/mol. The molecule has 0 bridgehead atoms. The molecule has 9 heteroatoms. The Balaban J connectivity index is 1.56. The zero-order valence-electron chi connectivity index (χ0n) is 18.9. The van der Waals surface area contributed by atoms with Gasteiger partial charge >= 0.3 is 6.03 Å². The molecule has 0 unspecified atom stereocenters. The molecule has 4 rings (SSSR count). The number of hydrogen-bond donors (Lipinski definition) is 1. The molecule has 2 aliphatic heterocycles. The number of likely N-dealkylation sites (tertiary alicyclic amines) is 1. The molecule has 1 atom stereocenters. The van der Waals surface area contributed by atoms with E-state index in [-0.39, 0.29) is 37.3 Å². The SMILES string of the molecule is COCCN1C(=O)N[C@@](Cc2cccc(F)c2)(C2CCN(C(=O)c3cccc(Cl)c3)CC2)C1=O. The summed E-state index contributed by atoms with van der Waals surface area (Å²) in [6.07, 6.45) is 1.21. The number of methoxy groups -OCH3 is 1. The lowest BCUT2D eigenvalue weighted by Gasteiger charge is -2.41. The van der Waals surface area contributed by atoms with Gasteiger partial charge in [0.1, 0.15) is 11.4 Å². The smallest absolute Gasteiger partial charge is 0.325 e. The van der Waals surface area contributed by atoms with Gasteiger partial charge in [-0.15, -0.1) is 0 Å². The fraction of sp³-hybridized carbons (Fsp3) is 0.400. The van der Waals surface area contributed by atoms with Crippen LogP contribution in [0.25, 0.3) is 0 Å². The van der Waals surface area contributed by atoms with Gasteiger partial charge in [-0.25, -0.2) is 9.18 Å². The number of hydrogen-bond acceptors (Lipinski definition) is 4. The van der Waals surface area contributed by atoms with Crippen molar-refractivity contribution in [2.24, 2.45) is 5.92 Å². The number of rotatable bonds is 7. The Hall–Kier alpha value is -2.97. The first kappa shape index (κ1) is 24.2. The summed E-state index contributed by atoms with van der Waals surface area (Å²) in [7, 11) is 1.51. The summed E-state index contributed by atoms with van der Waals surface area (Å²) in [5.41, 5.74) is -0.0693. The van der Waals surface area contributed by atoms with Crippen LogP contribution in [-0.2, 0) is 16.0 Å². The summed E-state index contributed by atoms with van der Waals surface area (Å²) in [5.74, 6) is -1.08. The second-order valence-electron chi connectivity index (χ2n) is 8.73. The Morgan fingerprint density at radius 1 is 1.18 bits per heavy atom. The number of ether oxygens (including phenoxy) is 1. The van der Waals surface area contributed by atoms with E-state index in [4.69, 9.17) is 16.3 Å². The van der Waals surface area contributed by atoms with Gasteiger partial charge in [0.25, 0.3) is 11.8 Å². The summed E-state index contributed by atoms with van der Waals surface area (Å²) in [6, 6.07) is 12.4. The number of carbonyl (C=O) groups is 3. The van der Waals surface area contributed by atoms with Crippen LogP contribution in [0.3, 0.4) is 0 Å². The molecule has 0 radical (unpaired) electrons. The summed E-state index contributed by atoms with van der Waals surface area (Å²) >= 11 is 6.03. The number of nitrogens with zero attached hydrogens (tertiary/aromatic N) is 2. The predicted molar refractivity (Wildman–Crippen MR) is 125 cm³/mol. The molecule has 7 nitrogen and oxygen atoms in total. The molecule has 0 spiro atoms. The largest absolute Gasteiger partial charge is 0.383 e. The van der Waals surface area contributed by atoms with Gasteiger partial charge in [-0.05, 0) is 54.7 Å². The zero-order chi connectivity index (χ0) is 24.3. The number of piperidine rings is 1. The van der Waals surface area contributed by atoms with Gasteiger partial charge in [-0.3, -0.25) is 14.5 Å². The van der Waals surface area contributed by atoms with Crippen molar-refractivity contribution in [2.75, 3.05) is 33.4 Å². The van der Waals surface area contributed by atoms with E-state index in [9.17, 15) is 18.8 Å². The third-order valence-corrected chi connectivity index (χ3v) is 6.88. The number of urea groups is 1. The van der Waals surface area contributed by atoms with Gasteiger partial charge in [0.2, 0.25) is 0 Å². The Kier molecular flexibility index (Phi) is 7.19. The Morgan fingerprint density at radius 3 is 2.59 bits per heavy atom. The minimum absolute atomic E-state index is 0.122. The fourth-order valence-corrected chi connectivity index (χ4v) is 5.11. The van der Waals surface area contributed by atoms with Gasteiger partial charge in [0.15, 0.2) is 0 Å². The standard InChI is InChI=1S/C25H27ClFN3O4/c1-34-13-12-30-23(32)25(28-24(30)33,16-17-4-2-7-21(27)14-17)19-8-10-29(11-9-19)22(31)18-5-3-6-20(26)15-18/h2-7,14-15,19H,8-13,16H2,1H3,(H,28,33)/t25-/m0/s1. The van der Waals surface area contributed by atoms with Crippen LogP contribution in [0.2, 0.25) is 5.02 Å². The molecule has 2 aromatic rings. The van der Waals surface area contributed by atoms with E-state index < -0.39 is 17.4 Å². The molecule has 34 heavy (non-hydrogen) atoms. The highest BCUT2D eigenvalue weighted by Crippen LogP contribution is 2.37. The molecule has 1 N–H and O–H groups in total. The van der Waals surface area contributed by atoms with Gasteiger partial charge in [0.05, 0.1) is 13.2 Å². The first-order valence-electron chi connectivity index (χ1n) is 11.3. The molecular weight excluding hydrogens is 461 g/mol. The zero-order valence-corrected chi connectivity index (χ0v) is 19.7. The van der Waals surface area contributed by atoms with Crippen molar-refractivity contribution in [3.63, 3.8) is 0 Å². The van der Waals surface area contributed by atoms with Gasteiger partial charge in [0, 0.05) is 37.2 Å². The van der Waals surface area contributed by atoms with E-state index in [0.29, 0.717) is 42.1 Å². The minimum Gasteiger partial charge on any atom is -0.383 e. The first-order valence-corrected chi connectivity index (χ1v) is 11.6. The Bertz CT molecular complexity index is 1090. The van der Waals surface area contributed by atoms with Crippen LogP contribution in [-0.4, -0.2) is 66.5 Å². The first-order chi connectivity index (χ1) is 16.3. The van der Waals surface area contributed by atoms with Crippen LogP contribution in [0.15, 0.2) is 48.5 Å². The highest BCUT2D eigenvalue weighted by atomic mass is 35.5. The second-order valence-corrected chi connectivity index (χ2v) is 9.17. The highest BCUT2D eigenvalue weighted by Gasteiger charge is 2.55. The molecule has 2 fully saturated rings. The number of nitrogens with one attached hydrogen (secondary N) is 1. The van der Waals surface area contributed by atoms with Crippen molar-refractivity contribution < 1.29 is 23.5 Å². The molecule has 0 aliphatic carbocycles. The lowest BCUT2D eigenvalue weighted by molar-refractivity contribution is -0.134. The maximum atomic E-state index is 13.9. The second kappa shape index (κ2) is 10.1. The lowest BCUT2D eigenvalue weighted by atomic mass is 9.73. The Morgan fingerprint density at radius 2 is 1.91 bits per heavy atom. The summed E-state index contributed by atoms with van der Waals surface area (Å²) in [4.78, 5) is 42.2. The minimum atomic E-state index is -1.20. The number of imide groups is 1. The number of amides is 4. The molecule has 2 aliphatic rings. The molecule has 2 heterocycles. The molecule has 4 amide bonds. The summed E-state index contributed by atoms with van der Waals surface area (Å²) in [6.45, 7) is 1.23. The molecular formula is C25H27ClFN3O4. The Labute approximate surface area is 202 Å². The van der Waals surface area contributed by atoms with Gasteiger partial charge in [-0.2, -0.15) is 0 Å². The van der Waals surface area contributed by atoms with Gasteiger partial charge < -0.3 is 15.0 Å². The van der Waals surface area contributed by atoms with E-state index in [0.717, 1.165) is 0 Å². The highest BCUT2D eigenvalue weighted by molar-refractivity contribution is 6.30.